The molecule has 0 spiro atoms. The lowest BCUT2D eigenvalue weighted by molar-refractivity contribution is 0.0636. The van der Waals surface area contributed by atoms with Crippen molar-refractivity contribution in [1.82, 2.24) is 0 Å². The fourth-order valence-electron chi connectivity index (χ4n) is 1.68. The third kappa shape index (κ3) is 6.33. The summed E-state index contributed by atoms with van der Waals surface area (Å²) < 4.78 is 5.16. The van der Waals surface area contributed by atoms with Gasteiger partial charge < -0.3 is 15.6 Å². The van der Waals surface area contributed by atoms with Crippen LogP contribution in [0, 0.1) is 0 Å². The van der Waals surface area contributed by atoms with E-state index in [-0.39, 0.29) is 6.61 Å². The summed E-state index contributed by atoms with van der Waals surface area (Å²) in [6.45, 7) is 6.98. The molecule has 6 heteroatoms. The van der Waals surface area contributed by atoms with Crippen LogP contribution in [0.25, 0.3) is 0 Å². The fraction of sp³-hybridized carbons (Fsp3) is 0.533. The molecule has 5 nitrogen and oxygen atoms in total. The molecule has 1 aromatic carbocycles. The lowest BCUT2D eigenvalue weighted by Crippen LogP contribution is -2.42. The number of carbonyl (C=O) groups is 1. The van der Waals surface area contributed by atoms with Gasteiger partial charge in [0.15, 0.2) is 0 Å². The number of anilines is 1. The number of hydrogen-bond acceptors (Lipinski definition) is 4. The number of benzene rings is 1. The van der Waals surface area contributed by atoms with Gasteiger partial charge in [-0.3, -0.25) is 5.32 Å². The van der Waals surface area contributed by atoms with E-state index in [0.29, 0.717) is 17.1 Å². The minimum atomic E-state index is -0.732. The predicted molar refractivity (Wildman–Crippen MR) is 84.7 cm³/mol. The van der Waals surface area contributed by atoms with Gasteiger partial charge in [0.2, 0.25) is 0 Å². The fourth-order valence-corrected chi connectivity index (χ4v) is 1.93. The number of rotatable bonds is 4. The van der Waals surface area contributed by atoms with Gasteiger partial charge in [-0.1, -0.05) is 17.7 Å². The Morgan fingerprint density at radius 1 is 1.38 bits per heavy atom. The summed E-state index contributed by atoms with van der Waals surface area (Å²) in [6, 6.07) is 5.13. The third-order valence-corrected chi connectivity index (χ3v) is 3.01. The Kier molecular flexibility index (Phi) is 5.61. The molecule has 1 rings (SSSR count). The van der Waals surface area contributed by atoms with E-state index in [1.54, 1.807) is 45.9 Å². The highest BCUT2D eigenvalue weighted by atomic mass is 35.5. The third-order valence-electron chi connectivity index (χ3n) is 2.65. The lowest BCUT2D eigenvalue weighted by atomic mass is 9.95. The Hall–Kier alpha value is -1.30. The van der Waals surface area contributed by atoms with Crippen molar-refractivity contribution in [2.24, 2.45) is 5.73 Å². The molecule has 0 fully saturated rings. The van der Waals surface area contributed by atoms with Gasteiger partial charge >= 0.3 is 6.09 Å². The van der Waals surface area contributed by atoms with Crippen LogP contribution in [0.5, 0.6) is 0 Å². The molecule has 0 aliphatic carbocycles. The van der Waals surface area contributed by atoms with Crippen molar-refractivity contribution in [3.63, 3.8) is 0 Å². The van der Waals surface area contributed by atoms with Gasteiger partial charge in [0.05, 0.1) is 6.61 Å². The standard InChI is InChI=1S/C15H23ClN2O3/c1-14(2,3)21-13(20)18-11-6-5-10(12(16)7-11)8-15(4,17)9-19/h5-7,19H,8-9,17H2,1-4H3,(H,18,20). The largest absolute Gasteiger partial charge is 0.444 e. The van der Waals surface area contributed by atoms with E-state index in [0.717, 1.165) is 5.56 Å². The first-order valence-electron chi connectivity index (χ1n) is 6.70. The molecule has 1 amide bonds. The number of nitrogens with two attached hydrogens (primary N) is 1. The summed E-state index contributed by atoms with van der Waals surface area (Å²) in [5.41, 5.74) is 5.97. The summed E-state index contributed by atoms with van der Waals surface area (Å²) in [7, 11) is 0. The van der Waals surface area contributed by atoms with Crippen LogP contribution in [0.4, 0.5) is 10.5 Å². The second-order valence-corrected chi connectivity index (χ2v) is 6.83. The molecule has 1 unspecified atom stereocenters. The summed E-state index contributed by atoms with van der Waals surface area (Å²) in [5.74, 6) is 0. The van der Waals surface area contributed by atoms with E-state index in [2.05, 4.69) is 5.32 Å². The number of hydrogen-bond donors (Lipinski definition) is 3. The molecule has 1 aromatic rings. The van der Waals surface area contributed by atoms with E-state index in [9.17, 15) is 9.90 Å². The Bertz CT molecular complexity index is 510. The summed E-state index contributed by atoms with van der Waals surface area (Å²) in [5, 5.41) is 12.3. The van der Waals surface area contributed by atoms with Gasteiger partial charge in [-0.15, -0.1) is 0 Å². The molecule has 4 N–H and O–H groups in total. The predicted octanol–water partition coefficient (Wildman–Crippen LogP) is 2.94. The number of aliphatic hydroxyl groups is 1. The number of amides is 1. The van der Waals surface area contributed by atoms with Crippen molar-refractivity contribution < 1.29 is 14.6 Å². The monoisotopic (exact) mass is 314 g/mol. The molecule has 0 aliphatic rings. The molecular formula is C15H23ClN2O3. The first-order chi connectivity index (χ1) is 9.52. The molecule has 1 atom stereocenters. The van der Waals surface area contributed by atoms with Crippen LogP contribution in [-0.4, -0.2) is 28.9 Å². The van der Waals surface area contributed by atoms with Crippen LogP contribution >= 0.6 is 11.6 Å². The van der Waals surface area contributed by atoms with E-state index in [4.69, 9.17) is 22.1 Å². The van der Waals surface area contributed by atoms with Crippen LogP contribution in [0.1, 0.15) is 33.3 Å². The van der Waals surface area contributed by atoms with Crippen molar-refractivity contribution in [1.29, 1.82) is 0 Å². The first kappa shape index (κ1) is 17.8. The summed E-state index contributed by atoms with van der Waals surface area (Å²) in [4.78, 5) is 11.7. The van der Waals surface area contributed by atoms with Crippen LogP contribution in [0.15, 0.2) is 18.2 Å². The number of nitrogens with one attached hydrogen (secondary N) is 1. The van der Waals surface area contributed by atoms with Gasteiger partial charge in [0, 0.05) is 16.2 Å². The van der Waals surface area contributed by atoms with Gasteiger partial charge in [-0.05, 0) is 51.8 Å². The van der Waals surface area contributed by atoms with Crippen LogP contribution < -0.4 is 11.1 Å². The Balaban J connectivity index is 2.77. The Morgan fingerprint density at radius 3 is 2.48 bits per heavy atom. The van der Waals surface area contributed by atoms with Gasteiger partial charge in [-0.2, -0.15) is 0 Å². The maximum absolute atomic E-state index is 11.7. The highest BCUT2D eigenvalue weighted by Gasteiger charge is 2.20. The minimum absolute atomic E-state index is 0.138. The zero-order valence-corrected chi connectivity index (χ0v) is 13.6. The maximum atomic E-state index is 11.7. The van der Waals surface area contributed by atoms with Crippen LogP contribution in [0.3, 0.4) is 0 Å². The molecule has 0 radical (unpaired) electrons. The van der Waals surface area contributed by atoms with Crippen LogP contribution in [-0.2, 0) is 11.2 Å². The van der Waals surface area contributed by atoms with Gasteiger partial charge in [0.25, 0.3) is 0 Å². The molecule has 0 saturated carbocycles. The summed E-state index contributed by atoms with van der Waals surface area (Å²) in [6.07, 6.45) is -0.0972. The SMILES string of the molecule is CC(N)(CO)Cc1ccc(NC(=O)OC(C)(C)C)cc1Cl. The highest BCUT2D eigenvalue weighted by molar-refractivity contribution is 6.31. The van der Waals surface area contributed by atoms with E-state index in [1.165, 1.54) is 0 Å². The second-order valence-electron chi connectivity index (χ2n) is 6.42. The number of carbonyl (C=O) groups excluding carboxylic acids is 1. The average molecular weight is 315 g/mol. The minimum Gasteiger partial charge on any atom is -0.444 e. The van der Waals surface area contributed by atoms with Crippen molar-refractivity contribution >= 4 is 23.4 Å². The van der Waals surface area contributed by atoms with Crippen LogP contribution in [0.2, 0.25) is 5.02 Å². The Morgan fingerprint density at radius 2 is 2.00 bits per heavy atom. The zero-order valence-electron chi connectivity index (χ0n) is 12.9. The van der Waals surface area contributed by atoms with Crippen molar-refractivity contribution in [2.45, 2.75) is 45.3 Å². The molecule has 118 valence electrons. The van der Waals surface area contributed by atoms with E-state index in [1.807, 2.05) is 0 Å². The first-order valence-corrected chi connectivity index (χ1v) is 7.08. The summed E-state index contributed by atoms with van der Waals surface area (Å²) >= 11 is 6.18. The average Bonchev–Trinajstić information content (AvgIpc) is 2.30. The molecule has 0 heterocycles. The maximum Gasteiger partial charge on any atom is 0.412 e. The Labute approximate surface area is 130 Å². The molecule has 21 heavy (non-hydrogen) atoms. The van der Waals surface area contributed by atoms with Gasteiger partial charge in [0.1, 0.15) is 5.60 Å². The molecular weight excluding hydrogens is 292 g/mol. The van der Waals surface area contributed by atoms with E-state index < -0.39 is 17.2 Å². The zero-order chi connectivity index (χ0) is 16.3. The second kappa shape index (κ2) is 6.64. The van der Waals surface area contributed by atoms with Crippen molar-refractivity contribution in [3.05, 3.63) is 28.8 Å². The van der Waals surface area contributed by atoms with Crippen molar-refractivity contribution in [2.75, 3.05) is 11.9 Å². The normalized spacial score (nSPS) is 14.4. The molecule has 0 aliphatic heterocycles. The highest BCUT2D eigenvalue weighted by Crippen LogP contribution is 2.24. The van der Waals surface area contributed by atoms with Gasteiger partial charge in [-0.25, -0.2) is 4.79 Å². The molecule has 0 aromatic heterocycles. The smallest absolute Gasteiger partial charge is 0.412 e. The van der Waals surface area contributed by atoms with Crippen molar-refractivity contribution in [3.8, 4) is 0 Å². The number of halogens is 1. The lowest BCUT2D eigenvalue weighted by Gasteiger charge is -2.23. The molecule has 0 saturated heterocycles. The quantitative estimate of drug-likeness (QED) is 0.797. The van der Waals surface area contributed by atoms with E-state index >= 15 is 0 Å². The number of ether oxygens (including phenoxy) is 1. The molecule has 0 bridgehead atoms. The number of aliphatic hydroxyl groups excluding tert-OH is 1. The topological polar surface area (TPSA) is 84.6 Å².